The Hall–Kier alpha value is -2.38. The van der Waals surface area contributed by atoms with Gasteiger partial charge < -0.3 is 9.84 Å². The molecule has 1 N–H and O–H groups in total. The van der Waals surface area contributed by atoms with Gasteiger partial charge in [0, 0.05) is 28.5 Å². The molecule has 0 aliphatic heterocycles. The number of ether oxygens (including phenoxy) is 1. The Labute approximate surface area is 156 Å². The number of aliphatic hydroxyl groups is 1. The summed E-state index contributed by atoms with van der Waals surface area (Å²) >= 11 is 0. The summed E-state index contributed by atoms with van der Waals surface area (Å²) in [6.45, 7) is 13.4. The van der Waals surface area contributed by atoms with Crippen LogP contribution in [0.15, 0.2) is 42.5 Å². The molecule has 0 aliphatic carbocycles. The van der Waals surface area contributed by atoms with E-state index in [2.05, 4.69) is 20.0 Å². The molecule has 0 bridgehead atoms. The summed E-state index contributed by atoms with van der Waals surface area (Å²) in [4.78, 5) is 11.2. The number of carbonyl (C=O) groups is 1. The van der Waals surface area contributed by atoms with Gasteiger partial charge in [-0.1, -0.05) is 36.4 Å². The molecule has 2 rings (SSSR count). The number of aliphatic hydroxyl groups excluding tert-OH is 1. The molecule has 0 unspecified atom stereocenters. The summed E-state index contributed by atoms with van der Waals surface area (Å²) in [5, 5.41) is 9.38. The predicted molar refractivity (Wildman–Crippen MR) is 81.5 cm³/mol. The molecule has 0 spiro atoms. The van der Waals surface area contributed by atoms with E-state index in [1.165, 1.54) is 0 Å². The quantitative estimate of drug-likeness (QED) is 0.502. The van der Waals surface area contributed by atoms with Crippen LogP contribution in [-0.2, 0) is 37.9 Å². The number of benzene rings is 2. The SMILES string of the molecule is COc1cccc(C=O)c1-c1ccccc1CO.[C-]#[O+].[C-]#[O+].[C-]#[O+].[Cr]. The molecule has 7 heteroatoms. The first-order valence-corrected chi connectivity index (χ1v) is 6.24. The molecule has 6 nitrogen and oxygen atoms in total. The van der Waals surface area contributed by atoms with E-state index in [9.17, 15) is 9.90 Å². The van der Waals surface area contributed by atoms with Gasteiger partial charge in [-0.15, -0.1) is 0 Å². The largest absolute Gasteiger partial charge is 0 e. The van der Waals surface area contributed by atoms with Gasteiger partial charge >= 0.3 is 33.9 Å². The minimum Gasteiger partial charge on any atom is 0 e. The Kier molecular flexibility index (Phi) is 19.7. The fourth-order valence-corrected chi connectivity index (χ4v) is 2.01. The van der Waals surface area contributed by atoms with Crippen LogP contribution < -0.4 is 4.74 Å². The van der Waals surface area contributed by atoms with Crippen LogP contribution in [0.25, 0.3) is 11.1 Å². The van der Waals surface area contributed by atoms with Crippen LogP contribution in [0.3, 0.4) is 0 Å². The zero-order chi connectivity index (χ0) is 19.0. The van der Waals surface area contributed by atoms with Crippen LogP contribution in [0, 0.1) is 20.0 Å². The summed E-state index contributed by atoms with van der Waals surface area (Å²) in [5.41, 5.74) is 2.86. The van der Waals surface area contributed by atoms with Gasteiger partial charge in [0.05, 0.1) is 13.7 Å². The Balaban J connectivity index is -0.000000626. The van der Waals surface area contributed by atoms with Gasteiger partial charge in [0.15, 0.2) is 6.29 Å². The molecule has 0 amide bonds. The van der Waals surface area contributed by atoms with Crippen molar-refractivity contribution in [3.8, 4) is 16.9 Å². The summed E-state index contributed by atoms with van der Waals surface area (Å²) in [6, 6.07) is 12.7. The van der Waals surface area contributed by atoms with Crippen molar-refractivity contribution in [3.05, 3.63) is 73.5 Å². The molecule has 0 saturated heterocycles. The van der Waals surface area contributed by atoms with Crippen LogP contribution in [0.5, 0.6) is 5.75 Å². The maximum atomic E-state index is 11.2. The number of carbonyl (C=O) groups excluding carboxylic acids is 1. The van der Waals surface area contributed by atoms with Gasteiger partial charge in [-0.3, -0.25) is 4.79 Å². The first-order valence-electron chi connectivity index (χ1n) is 6.24. The average Bonchev–Trinajstić information content (AvgIpc) is 2.71. The summed E-state index contributed by atoms with van der Waals surface area (Å²) in [7, 11) is 1.56. The van der Waals surface area contributed by atoms with Crippen molar-refractivity contribution in [1.82, 2.24) is 0 Å². The van der Waals surface area contributed by atoms with Crippen molar-refractivity contribution in [3.63, 3.8) is 0 Å². The van der Waals surface area contributed by atoms with E-state index < -0.39 is 0 Å². The molecule has 0 fully saturated rings. The third kappa shape index (κ3) is 7.82. The Morgan fingerprint density at radius 3 is 2.04 bits per heavy atom. The molecule has 128 valence electrons. The minimum atomic E-state index is -0.0769. The molecular formula is C18H14CrO6. The Morgan fingerprint density at radius 1 is 1.00 bits per heavy atom. The van der Waals surface area contributed by atoms with Gasteiger partial charge in [0.2, 0.25) is 0 Å². The van der Waals surface area contributed by atoms with Gasteiger partial charge in [-0.25, -0.2) is 0 Å². The third-order valence-corrected chi connectivity index (χ3v) is 2.86. The second kappa shape index (κ2) is 18.0. The fourth-order valence-electron chi connectivity index (χ4n) is 2.01. The minimum absolute atomic E-state index is 0. The predicted octanol–water partition coefficient (Wildman–Crippen LogP) is 2.55. The molecule has 2 aromatic carbocycles. The topological polar surface area (TPSA) is 106 Å². The van der Waals surface area contributed by atoms with Gasteiger partial charge in [0.25, 0.3) is 0 Å². The van der Waals surface area contributed by atoms with Gasteiger partial charge in [0.1, 0.15) is 5.75 Å². The van der Waals surface area contributed by atoms with E-state index in [0.29, 0.717) is 11.3 Å². The van der Waals surface area contributed by atoms with E-state index in [4.69, 9.17) is 18.7 Å². The Bertz CT molecular complexity index is 677. The zero-order valence-electron chi connectivity index (χ0n) is 13.2. The molecule has 0 radical (unpaired) electrons. The van der Waals surface area contributed by atoms with Crippen LogP contribution in [0.1, 0.15) is 15.9 Å². The molecular weight excluding hydrogens is 364 g/mol. The van der Waals surface area contributed by atoms with Crippen LogP contribution in [0.4, 0.5) is 0 Å². The van der Waals surface area contributed by atoms with Crippen molar-refractivity contribution in [2.24, 2.45) is 0 Å². The summed E-state index contributed by atoms with van der Waals surface area (Å²) < 4.78 is 27.8. The Morgan fingerprint density at radius 2 is 1.56 bits per heavy atom. The van der Waals surface area contributed by atoms with E-state index >= 15 is 0 Å². The second-order valence-electron chi connectivity index (χ2n) is 3.86. The van der Waals surface area contributed by atoms with E-state index in [-0.39, 0.29) is 24.0 Å². The monoisotopic (exact) mass is 378 g/mol. The molecule has 0 atom stereocenters. The van der Waals surface area contributed by atoms with Crippen molar-refractivity contribution in [2.45, 2.75) is 6.61 Å². The van der Waals surface area contributed by atoms with Gasteiger partial charge in [-0.2, -0.15) is 0 Å². The zero-order valence-corrected chi connectivity index (χ0v) is 14.5. The molecule has 0 saturated carbocycles. The molecule has 25 heavy (non-hydrogen) atoms. The van der Waals surface area contributed by atoms with Crippen molar-refractivity contribution in [1.29, 1.82) is 0 Å². The van der Waals surface area contributed by atoms with Gasteiger partial charge in [-0.05, 0) is 17.2 Å². The maximum Gasteiger partial charge on any atom is 0 e. The van der Waals surface area contributed by atoms with Crippen LogP contribution in [-0.4, -0.2) is 18.5 Å². The number of methoxy groups -OCH3 is 1. The van der Waals surface area contributed by atoms with Crippen LogP contribution in [0.2, 0.25) is 0 Å². The smallest absolute Gasteiger partial charge is 0 e. The van der Waals surface area contributed by atoms with Crippen molar-refractivity contribution < 1.29 is 46.0 Å². The van der Waals surface area contributed by atoms with Crippen molar-refractivity contribution in [2.75, 3.05) is 7.11 Å². The van der Waals surface area contributed by atoms with Crippen molar-refractivity contribution >= 4 is 6.29 Å². The normalized spacial score (nSPS) is 7.52. The number of aldehydes is 1. The summed E-state index contributed by atoms with van der Waals surface area (Å²) in [6.07, 6.45) is 0.798. The molecule has 2 aromatic rings. The van der Waals surface area contributed by atoms with E-state index in [1.54, 1.807) is 25.3 Å². The first-order chi connectivity index (χ1) is 11.8. The molecule has 0 heterocycles. The maximum absolute atomic E-state index is 11.2. The summed E-state index contributed by atoms with van der Waals surface area (Å²) in [5.74, 6) is 0.625. The second-order valence-corrected chi connectivity index (χ2v) is 3.86. The molecule has 0 aromatic heterocycles. The number of hydrogen-bond acceptors (Lipinski definition) is 3. The van der Waals surface area contributed by atoms with E-state index in [1.807, 2.05) is 24.3 Å². The number of rotatable bonds is 4. The fraction of sp³-hybridized carbons (Fsp3) is 0.111. The first kappa shape index (κ1) is 27.5. The third-order valence-electron chi connectivity index (χ3n) is 2.86. The molecule has 0 aliphatic rings. The number of hydrogen-bond donors (Lipinski definition) is 1. The van der Waals surface area contributed by atoms with E-state index in [0.717, 1.165) is 23.0 Å². The van der Waals surface area contributed by atoms with Crippen LogP contribution >= 0.6 is 0 Å². The average molecular weight is 378 g/mol. The standard InChI is InChI=1S/C15H14O3.3CO.Cr/c1-18-14-8-4-6-12(10-17)15(14)13-7-3-2-5-11(13)9-16;3*1-2;/h2-8,10,16H,9H2,1H3;;;;.